The minimum absolute atomic E-state index is 0.136. The molecule has 2 amide bonds. The Balaban J connectivity index is 1.50. The molecule has 1 heterocycles. The average molecular weight is 399 g/mol. The third kappa shape index (κ3) is 3.61. The van der Waals surface area contributed by atoms with Crippen LogP contribution >= 0.6 is 15.9 Å². The van der Waals surface area contributed by atoms with E-state index in [9.17, 15) is 9.59 Å². The highest BCUT2D eigenvalue weighted by atomic mass is 79.9. The summed E-state index contributed by atoms with van der Waals surface area (Å²) in [5, 5.41) is 2.95. The van der Waals surface area contributed by atoms with E-state index in [1.165, 1.54) is 5.56 Å². The molecule has 0 unspecified atom stereocenters. The van der Waals surface area contributed by atoms with Crippen LogP contribution in [0.1, 0.15) is 34.3 Å². The second kappa shape index (κ2) is 6.64. The molecule has 4 rings (SSSR count). The van der Waals surface area contributed by atoms with Crippen molar-refractivity contribution in [3.05, 3.63) is 63.6 Å². The molecule has 0 spiro atoms. The lowest BCUT2D eigenvalue weighted by Gasteiger charge is -2.29. The molecule has 0 aromatic heterocycles. The van der Waals surface area contributed by atoms with Crippen molar-refractivity contribution in [1.29, 1.82) is 0 Å². The van der Waals surface area contributed by atoms with E-state index in [2.05, 4.69) is 27.3 Å². The summed E-state index contributed by atoms with van der Waals surface area (Å²) in [4.78, 5) is 26.7. The number of nitrogens with one attached hydrogen (secondary N) is 1. The normalized spacial score (nSPS) is 16.3. The van der Waals surface area contributed by atoms with Crippen molar-refractivity contribution >= 4 is 33.4 Å². The van der Waals surface area contributed by atoms with Gasteiger partial charge < -0.3 is 10.2 Å². The minimum atomic E-state index is -0.136. The molecule has 1 fully saturated rings. The molecular weight excluding hydrogens is 380 g/mol. The van der Waals surface area contributed by atoms with E-state index in [0.29, 0.717) is 12.1 Å². The molecule has 2 aromatic rings. The first-order valence-corrected chi connectivity index (χ1v) is 9.37. The summed E-state index contributed by atoms with van der Waals surface area (Å²) in [6.07, 6.45) is 2.95. The number of benzene rings is 2. The Morgan fingerprint density at radius 3 is 2.68 bits per heavy atom. The second-order valence-electron chi connectivity index (χ2n) is 6.73. The molecule has 0 bridgehead atoms. The number of hydrogen-bond donors (Lipinski definition) is 1. The zero-order valence-corrected chi connectivity index (χ0v) is 15.4. The van der Waals surface area contributed by atoms with Crippen molar-refractivity contribution in [2.24, 2.45) is 5.92 Å². The Hall–Kier alpha value is -2.14. The fourth-order valence-corrected chi connectivity index (χ4v) is 3.64. The second-order valence-corrected chi connectivity index (χ2v) is 7.65. The molecule has 0 radical (unpaired) electrons. The predicted molar refractivity (Wildman–Crippen MR) is 100 cm³/mol. The van der Waals surface area contributed by atoms with Crippen LogP contribution in [0.15, 0.2) is 46.9 Å². The molecule has 2 aliphatic rings. The summed E-state index contributed by atoms with van der Waals surface area (Å²) in [7, 11) is 0. The number of nitrogens with zero attached hydrogens (tertiary/aromatic N) is 1. The lowest BCUT2D eigenvalue weighted by molar-refractivity contribution is -0.133. The maximum absolute atomic E-state index is 12.4. The number of rotatable bonds is 3. The van der Waals surface area contributed by atoms with Gasteiger partial charge in [-0.15, -0.1) is 0 Å². The summed E-state index contributed by atoms with van der Waals surface area (Å²) in [6.45, 7) is 1.44. The van der Waals surface area contributed by atoms with Crippen LogP contribution in [-0.2, 0) is 17.8 Å². The smallest absolute Gasteiger partial charge is 0.255 e. The van der Waals surface area contributed by atoms with Crippen LogP contribution in [0, 0.1) is 5.92 Å². The van der Waals surface area contributed by atoms with E-state index in [1.807, 2.05) is 29.2 Å². The van der Waals surface area contributed by atoms with Crippen LogP contribution in [0.4, 0.5) is 5.69 Å². The van der Waals surface area contributed by atoms with Crippen molar-refractivity contribution in [3.63, 3.8) is 0 Å². The molecule has 1 N–H and O–H groups in total. The summed E-state index contributed by atoms with van der Waals surface area (Å²) in [5.41, 5.74) is 3.77. The molecule has 25 heavy (non-hydrogen) atoms. The van der Waals surface area contributed by atoms with Crippen LogP contribution in [0.5, 0.6) is 0 Å². The van der Waals surface area contributed by atoms with E-state index >= 15 is 0 Å². The summed E-state index contributed by atoms with van der Waals surface area (Å²) in [6, 6.07) is 13.3. The van der Waals surface area contributed by atoms with Gasteiger partial charge in [0.1, 0.15) is 0 Å². The van der Waals surface area contributed by atoms with Crippen molar-refractivity contribution in [1.82, 2.24) is 4.90 Å². The minimum Gasteiger partial charge on any atom is -0.338 e. The molecule has 1 aliphatic heterocycles. The lowest BCUT2D eigenvalue weighted by atomic mass is 9.98. The van der Waals surface area contributed by atoms with E-state index in [1.54, 1.807) is 12.1 Å². The Morgan fingerprint density at radius 1 is 1.08 bits per heavy atom. The number of carbonyl (C=O) groups excluding carboxylic acids is 2. The fourth-order valence-electron chi connectivity index (χ4n) is 3.24. The van der Waals surface area contributed by atoms with Gasteiger partial charge in [-0.25, -0.2) is 0 Å². The van der Waals surface area contributed by atoms with Crippen LogP contribution in [-0.4, -0.2) is 23.3 Å². The van der Waals surface area contributed by atoms with Crippen molar-refractivity contribution in [2.75, 3.05) is 11.9 Å². The first-order chi connectivity index (χ1) is 12.1. The molecule has 0 saturated heterocycles. The highest BCUT2D eigenvalue weighted by molar-refractivity contribution is 9.10. The van der Waals surface area contributed by atoms with Gasteiger partial charge in [-0.2, -0.15) is 0 Å². The third-order valence-corrected chi connectivity index (χ3v) is 5.29. The fraction of sp³-hybridized carbons (Fsp3) is 0.300. The predicted octanol–water partition coefficient (Wildman–Crippen LogP) is 4.00. The summed E-state index contributed by atoms with van der Waals surface area (Å²) in [5.74, 6) is 0.401. The highest BCUT2D eigenvalue weighted by Crippen LogP contribution is 2.33. The quantitative estimate of drug-likeness (QED) is 0.849. The number of hydrogen-bond acceptors (Lipinski definition) is 2. The largest absolute Gasteiger partial charge is 0.338 e. The molecule has 128 valence electrons. The molecule has 4 nitrogen and oxygen atoms in total. The first kappa shape index (κ1) is 16.3. The maximum Gasteiger partial charge on any atom is 0.255 e. The van der Waals surface area contributed by atoms with E-state index in [4.69, 9.17) is 0 Å². The van der Waals surface area contributed by atoms with E-state index in [0.717, 1.165) is 41.5 Å². The number of fused-ring (bicyclic) bond motifs is 1. The number of halogens is 1. The van der Waals surface area contributed by atoms with Crippen LogP contribution in [0.25, 0.3) is 0 Å². The van der Waals surface area contributed by atoms with Crippen molar-refractivity contribution in [2.45, 2.75) is 25.8 Å². The summed E-state index contributed by atoms with van der Waals surface area (Å²) >= 11 is 3.38. The van der Waals surface area contributed by atoms with Crippen LogP contribution < -0.4 is 5.32 Å². The van der Waals surface area contributed by atoms with Gasteiger partial charge in [-0.3, -0.25) is 9.59 Å². The van der Waals surface area contributed by atoms with Gasteiger partial charge in [0.15, 0.2) is 0 Å². The molecule has 1 saturated carbocycles. The van der Waals surface area contributed by atoms with Crippen LogP contribution in [0.2, 0.25) is 0 Å². The molecule has 0 atom stereocenters. The Kier molecular flexibility index (Phi) is 4.34. The topological polar surface area (TPSA) is 49.4 Å². The Bertz CT molecular complexity index is 845. The molecular formula is C20H19BrN2O2. The van der Waals surface area contributed by atoms with Crippen molar-refractivity contribution in [3.8, 4) is 0 Å². The van der Waals surface area contributed by atoms with E-state index in [-0.39, 0.29) is 17.7 Å². The molecule has 5 heteroatoms. The number of carbonyl (C=O) groups is 2. The Labute approximate surface area is 155 Å². The monoisotopic (exact) mass is 398 g/mol. The zero-order chi connectivity index (χ0) is 17.4. The van der Waals surface area contributed by atoms with Gasteiger partial charge in [0.05, 0.1) is 0 Å². The Morgan fingerprint density at radius 2 is 1.92 bits per heavy atom. The zero-order valence-electron chi connectivity index (χ0n) is 13.8. The first-order valence-electron chi connectivity index (χ1n) is 8.57. The van der Waals surface area contributed by atoms with Gasteiger partial charge in [0.2, 0.25) is 5.91 Å². The number of anilines is 1. The van der Waals surface area contributed by atoms with Gasteiger partial charge in [0, 0.05) is 34.7 Å². The molecule has 2 aromatic carbocycles. The van der Waals surface area contributed by atoms with E-state index < -0.39 is 0 Å². The standard InChI is InChI=1S/C20H19BrN2O2/c21-17-3-1-2-15(10-17)19(24)22-18-7-6-13-8-9-23(12-16(13)11-18)20(25)14-4-5-14/h1-3,6-7,10-11,14H,4-5,8-9,12H2,(H,22,24). The van der Waals surface area contributed by atoms with Crippen molar-refractivity contribution < 1.29 is 9.59 Å². The summed E-state index contributed by atoms with van der Waals surface area (Å²) < 4.78 is 0.875. The lowest BCUT2D eigenvalue weighted by Crippen LogP contribution is -2.36. The number of amides is 2. The van der Waals surface area contributed by atoms with Gasteiger partial charge in [-0.05, 0) is 60.7 Å². The van der Waals surface area contributed by atoms with Gasteiger partial charge >= 0.3 is 0 Å². The maximum atomic E-state index is 12.4. The molecule has 1 aliphatic carbocycles. The van der Waals surface area contributed by atoms with Gasteiger partial charge in [-0.1, -0.05) is 28.1 Å². The average Bonchev–Trinajstić information content (AvgIpc) is 3.45. The van der Waals surface area contributed by atoms with Crippen LogP contribution in [0.3, 0.4) is 0 Å². The third-order valence-electron chi connectivity index (χ3n) is 4.80. The van der Waals surface area contributed by atoms with Gasteiger partial charge in [0.25, 0.3) is 5.91 Å². The highest BCUT2D eigenvalue weighted by Gasteiger charge is 2.34. The SMILES string of the molecule is O=C(Nc1ccc2c(c1)CN(C(=O)C1CC1)CC2)c1cccc(Br)c1.